The fourth-order valence-electron chi connectivity index (χ4n) is 0.985. The van der Waals surface area contributed by atoms with Gasteiger partial charge in [-0.2, -0.15) is 0 Å². The van der Waals surface area contributed by atoms with Crippen LogP contribution >= 0.6 is 0 Å². The molecule has 0 atom stereocenters. The summed E-state index contributed by atoms with van der Waals surface area (Å²) in [5, 5.41) is 2.91. The van der Waals surface area contributed by atoms with Gasteiger partial charge in [-0.15, -0.1) is 0 Å². The second kappa shape index (κ2) is 5.05. The third kappa shape index (κ3) is 2.92. The van der Waals surface area contributed by atoms with Crippen LogP contribution in [0.5, 0.6) is 0 Å². The fraction of sp³-hybridized carbons (Fsp3) is 0.182. The Hall–Kier alpha value is -1.79. The third-order valence-electron chi connectivity index (χ3n) is 1.64. The molecule has 0 spiro atoms. The Labute approximate surface area is 83.3 Å². The predicted octanol–water partition coefficient (Wildman–Crippen LogP) is 0.356. The Morgan fingerprint density at radius 3 is 3.00 bits per heavy atom. The molecule has 0 aliphatic heterocycles. The van der Waals surface area contributed by atoms with Crippen molar-refractivity contribution >= 4 is 5.91 Å². The number of carbonyl (C=O) groups is 1. The first-order valence-corrected chi connectivity index (χ1v) is 4.27. The minimum atomic E-state index is -0.428. The van der Waals surface area contributed by atoms with Gasteiger partial charge in [-0.05, 0) is 25.2 Å². The lowest BCUT2D eigenvalue weighted by molar-refractivity contribution is 0.100. The monoisotopic (exact) mass is 188 g/mol. The Morgan fingerprint density at radius 1 is 1.57 bits per heavy atom. The number of nitrogens with two attached hydrogens (primary N) is 1. The zero-order chi connectivity index (χ0) is 10.4. The van der Waals surface area contributed by atoms with E-state index in [1.54, 1.807) is 18.2 Å². The molecule has 0 aliphatic carbocycles. The van der Waals surface area contributed by atoms with Crippen molar-refractivity contribution in [2.45, 2.75) is 0 Å². The van der Waals surface area contributed by atoms with Crippen LogP contribution in [0.2, 0.25) is 0 Å². The lowest BCUT2D eigenvalue weighted by Crippen LogP contribution is -2.10. The molecule has 1 aromatic carbocycles. The molecule has 3 heteroatoms. The van der Waals surface area contributed by atoms with Crippen LogP contribution in [-0.2, 0) is 0 Å². The number of primary amides is 1. The largest absolute Gasteiger partial charge is 0.366 e. The number of benzene rings is 1. The fourth-order valence-corrected chi connectivity index (χ4v) is 0.985. The summed E-state index contributed by atoms with van der Waals surface area (Å²) in [6.45, 7) is 0.626. The number of rotatable bonds is 2. The maximum atomic E-state index is 10.8. The van der Waals surface area contributed by atoms with Crippen molar-refractivity contribution in [2.24, 2.45) is 5.73 Å². The summed E-state index contributed by atoms with van der Waals surface area (Å²) in [5.41, 5.74) is 6.43. The highest BCUT2D eigenvalue weighted by molar-refractivity contribution is 5.93. The van der Waals surface area contributed by atoms with E-state index in [0.717, 1.165) is 5.56 Å². The van der Waals surface area contributed by atoms with Crippen LogP contribution in [-0.4, -0.2) is 19.5 Å². The first kappa shape index (κ1) is 10.3. The van der Waals surface area contributed by atoms with Crippen molar-refractivity contribution in [3.8, 4) is 11.8 Å². The van der Waals surface area contributed by atoms with Crippen LogP contribution in [0.3, 0.4) is 0 Å². The molecule has 0 unspecified atom stereocenters. The highest BCUT2D eigenvalue weighted by Crippen LogP contribution is 2.02. The predicted molar refractivity (Wildman–Crippen MR) is 55.8 cm³/mol. The van der Waals surface area contributed by atoms with Gasteiger partial charge in [0.05, 0.1) is 6.54 Å². The van der Waals surface area contributed by atoms with E-state index >= 15 is 0 Å². The van der Waals surface area contributed by atoms with Gasteiger partial charge < -0.3 is 11.1 Å². The first-order chi connectivity index (χ1) is 6.74. The summed E-state index contributed by atoms with van der Waals surface area (Å²) in [6.07, 6.45) is 0. The van der Waals surface area contributed by atoms with E-state index in [2.05, 4.69) is 17.2 Å². The van der Waals surface area contributed by atoms with E-state index in [-0.39, 0.29) is 0 Å². The van der Waals surface area contributed by atoms with Gasteiger partial charge >= 0.3 is 0 Å². The van der Waals surface area contributed by atoms with E-state index in [1.807, 2.05) is 13.1 Å². The minimum absolute atomic E-state index is 0.428. The van der Waals surface area contributed by atoms with Crippen LogP contribution < -0.4 is 11.1 Å². The third-order valence-corrected chi connectivity index (χ3v) is 1.64. The molecule has 1 rings (SSSR count). The highest BCUT2D eigenvalue weighted by atomic mass is 16.1. The molecule has 0 aliphatic rings. The summed E-state index contributed by atoms with van der Waals surface area (Å²) in [5.74, 6) is 5.40. The van der Waals surface area contributed by atoms with Crippen LogP contribution in [0, 0.1) is 11.8 Å². The van der Waals surface area contributed by atoms with Gasteiger partial charge in [0.25, 0.3) is 0 Å². The standard InChI is InChI=1S/C11H12N2O/c1-13-7-3-5-9-4-2-6-10(8-9)11(12)14/h2,4,6,8,13H,7H2,1H3,(H2,12,14). The number of carbonyl (C=O) groups excluding carboxylic acids is 1. The lowest BCUT2D eigenvalue weighted by atomic mass is 10.1. The topological polar surface area (TPSA) is 55.1 Å². The Balaban J connectivity index is 2.85. The summed E-state index contributed by atoms with van der Waals surface area (Å²) in [7, 11) is 1.83. The normalized spacial score (nSPS) is 8.93. The summed E-state index contributed by atoms with van der Waals surface area (Å²) >= 11 is 0. The van der Waals surface area contributed by atoms with Crippen molar-refractivity contribution in [1.82, 2.24) is 5.32 Å². The zero-order valence-electron chi connectivity index (χ0n) is 8.00. The van der Waals surface area contributed by atoms with Crippen LogP contribution in [0.1, 0.15) is 15.9 Å². The maximum absolute atomic E-state index is 10.8. The lowest BCUT2D eigenvalue weighted by Gasteiger charge is -1.95. The van der Waals surface area contributed by atoms with Crippen molar-refractivity contribution in [3.05, 3.63) is 35.4 Å². The molecule has 3 N–H and O–H groups in total. The zero-order valence-corrected chi connectivity index (χ0v) is 8.00. The molecule has 1 aromatic rings. The van der Waals surface area contributed by atoms with Crippen molar-refractivity contribution in [3.63, 3.8) is 0 Å². The van der Waals surface area contributed by atoms with Gasteiger partial charge in [0.1, 0.15) is 0 Å². The van der Waals surface area contributed by atoms with Gasteiger partial charge in [-0.3, -0.25) is 4.79 Å². The molecular formula is C11H12N2O. The number of hydrogen-bond acceptors (Lipinski definition) is 2. The second-order valence-corrected chi connectivity index (χ2v) is 2.78. The Bertz CT molecular complexity index is 388. The summed E-state index contributed by atoms with van der Waals surface area (Å²) in [6, 6.07) is 6.97. The summed E-state index contributed by atoms with van der Waals surface area (Å²) < 4.78 is 0. The van der Waals surface area contributed by atoms with Gasteiger partial charge in [0, 0.05) is 11.1 Å². The molecule has 0 bridgehead atoms. The maximum Gasteiger partial charge on any atom is 0.248 e. The average molecular weight is 188 g/mol. The van der Waals surface area contributed by atoms with Crippen LogP contribution in [0.25, 0.3) is 0 Å². The molecule has 0 heterocycles. The quantitative estimate of drug-likeness (QED) is 0.658. The van der Waals surface area contributed by atoms with E-state index in [0.29, 0.717) is 12.1 Å². The smallest absolute Gasteiger partial charge is 0.248 e. The first-order valence-electron chi connectivity index (χ1n) is 4.27. The molecule has 1 amide bonds. The van der Waals surface area contributed by atoms with Crippen LogP contribution in [0.4, 0.5) is 0 Å². The van der Waals surface area contributed by atoms with Crippen molar-refractivity contribution in [1.29, 1.82) is 0 Å². The molecule has 0 radical (unpaired) electrons. The molecule has 0 aromatic heterocycles. The SMILES string of the molecule is CNCC#Cc1cccc(C(N)=O)c1. The van der Waals surface area contributed by atoms with Gasteiger partial charge in [-0.1, -0.05) is 17.9 Å². The van der Waals surface area contributed by atoms with E-state index in [9.17, 15) is 4.79 Å². The van der Waals surface area contributed by atoms with Crippen LogP contribution in [0.15, 0.2) is 24.3 Å². The summed E-state index contributed by atoms with van der Waals surface area (Å²) in [4.78, 5) is 10.8. The highest BCUT2D eigenvalue weighted by Gasteiger charge is 1.98. The van der Waals surface area contributed by atoms with Crippen molar-refractivity contribution in [2.75, 3.05) is 13.6 Å². The van der Waals surface area contributed by atoms with E-state index < -0.39 is 5.91 Å². The second-order valence-electron chi connectivity index (χ2n) is 2.78. The average Bonchev–Trinajstić information content (AvgIpc) is 2.19. The number of nitrogens with one attached hydrogen (secondary N) is 1. The molecule has 3 nitrogen and oxygen atoms in total. The Morgan fingerprint density at radius 2 is 2.36 bits per heavy atom. The molecule has 0 saturated heterocycles. The molecule has 0 fully saturated rings. The molecule has 72 valence electrons. The molecular weight excluding hydrogens is 176 g/mol. The van der Waals surface area contributed by atoms with E-state index in [4.69, 9.17) is 5.73 Å². The molecule has 0 saturated carbocycles. The molecule has 14 heavy (non-hydrogen) atoms. The minimum Gasteiger partial charge on any atom is -0.366 e. The van der Waals surface area contributed by atoms with E-state index in [1.165, 1.54) is 0 Å². The number of amides is 1. The van der Waals surface area contributed by atoms with Gasteiger partial charge in [0.2, 0.25) is 5.91 Å². The van der Waals surface area contributed by atoms with Crippen molar-refractivity contribution < 1.29 is 4.79 Å². The number of hydrogen-bond donors (Lipinski definition) is 2. The van der Waals surface area contributed by atoms with Gasteiger partial charge in [-0.25, -0.2) is 0 Å². The Kier molecular flexibility index (Phi) is 3.71. The van der Waals surface area contributed by atoms with Gasteiger partial charge in [0.15, 0.2) is 0 Å².